The molecule has 0 radical (unpaired) electrons. The van der Waals surface area contributed by atoms with Crippen LogP contribution in [0, 0.1) is 5.41 Å². The highest BCUT2D eigenvalue weighted by Gasteiger charge is 2.36. The summed E-state index contributed by atoms with van der Waals surface area (Å²) >= 11 is 0. The summed E-state index contributed by atoms with van der Waals surface area (Å²) in [5.74, 6) is -0.530. The second-order valence-electron chi connectivity index (χ2n) is 6.14. The number of rotatable bonds is 0. The van der Waals surface area contributed by atoms with Gasteiger partial charge in [0.25, 0.3) is 0 Å². The van der Waals surface area contributed by atoms with Crippen molar-refractivity contribution in [3.8, 4) is 0 Å². The molecule has 1 saturated heterocycles. The number of carbonyl (C=O) groups is 2. The Balaban J connectivity index is 2.69. The molecule has 1 heterocycles. The van der Waals surface area contributed by atoms with Crippen molar-refractivity contribution in [2.24, 2.45) is 5.41 Å². The van der Waals surface area contributed by atoms with Gasteiger partial charge >= 0.3 is 12.1 Å². The predicted octanol–water partition coefficient (Wildman–Crippen LogP) is 1.93. The van der Waals surface area contributed by atoms with Crippen molar-refractivity contribution >= 4 is 12.1 Å². The van der Waals surface area contributed by atoms with Gasteiger partial charge < -0.3 is 14.7 Å². The van der Waals surface area contributed by atoms with Crippen LogP contribution in [0.5, 0.6) is 0 Å². The second-order valence-corrected chi connectivity index (χ2v) is 6.14. The van der Waals surface area contributed by atoms with Crippen LogP contribution in [0.1, 0.15) is 47.5 Å². The van der Waals surface area contributed by atoms with Gasteiger partial charge in [-0.3, -0.25) is 4.79 Å². The molecule has 0 aromatic rings. The lowest BCUT2D eigenvalue weighted by molar-refractivity contribution is -0.148. The molecule has 5 heteroatoms. The molecule has 0 aromatic carbocycles. The average molecular weight is 257 g/mol. The summed E-state index contributed by atoms with van der Waals surface area (Å²) in [7, 11) is 0. The van der Waals surface area contributed by atoms with E-state index in [1.807, 2.05) is 13.8 Å². The largest absolute Gasteiger partial charge is 0.418 e. The molecule has 1 aliphatic heterocycles. The maximum atomic E-state index is 12.0. The zero-order valence-electron chi connectivity index (χ0n) is 11.8. The lowest BCUT2D eigenvalue weighted by Crippen LogP contribution is -2.52. The molecule has 1 aliphatic rings. The number of hydrogen-bond acceptors (Lipinski definition) is 4. The first-order chi connectivity index (χ1) is 8.12. The number of nitrogens with zero attached hydrogens (tertiary/aromatic N) is 1. The van der Waals surface area contributed by atoms with Crippen LogP contribution in [0.25, 0.3) is 0 Å². The van der Waals surface area contributed by atoms with Crippen molar-refractivity contribution in [1.82, 2.24) is 4.90 Å². The van der Waals surface area contributed by atoms with E-state index in [0.717, 1.165) is 0 Å². The van der Waals surface area contributed by atoms with Crippen LogP contribution in [0.4, 0.5) is 4.79 Å². The van der Waals surface area contributed by atoms with Gasteiger partial charge in [-0.2, -0.15) is 0 Å². The van der Waals surface area contributed by atoms with Gasteiger partial charge in [0.1, 0.15) is 0 Å². The molecule has 5 nitrogen and oxygen atoms in total. The monoisotopic (exact) mass is 257 g/mol. The minimum Gasteiger partial charge on any atom is -0.393 e. The Labute approximate surface area is 108 Å². The van der Waals surface area contributed by atoms with E-state index in [0.29, 0.717) is 12.8 Å². The summed E-state index contributed by atoms with van der Waals surface area (Å²) in [6, 6.07) is -0.243. The molecule has 18 heavy (non-hydrogen) atoms. The average Bonchev–Trinajstić information content (AvgIpc) is 2.13. The van der Waals surface area contributed by atoms with Gasteiger partial charge in [0, 0.05) is 12.1 Å². The number of piperidine rings is 1. The van der Waals surface area contributed by atoms with E-state index in [-0.39, 0.29) is 12.1 Å². The Kier molecular flexibility index (Phi) is 4.37. The quantitative estimate of drug-likeness (QED) is 0.532. The molecular formula is C13H23NO4. The van der Waals surface area contributed by atoms with Gasteiger partial charge in [0.2, 0.25) is 0 Å². The Morgan fingerprint density at radius 3 is 2.00 bits per heavy atom. The first kappa shape index (κ1) is 15.0. The number of hydrogen-bond donors (Lipinski definition) is 1. The fourth-order valence-electron chi connectivity index (χ4n) is 2.19. The van der Waals surface area contributed by atoms with Crippen molar-refractivity contribution in [3.63, 3.8) is 0 Å². The highest BCUT2D eigenvalue weighted by molar-refractivity contribution is 5.87. The first-order valence-electron chi connectivity index (χ1n) is 6.35. The van der Waals surface area contributed by atoms with Gasteiger partial charge in [-0.15, -0.1) is 0 Å². The van der Waals surface area contributed by atoms with Crippen molar-refractivity contribution in [3.05, 3.63) is 0 Å². The summed E-state index contributed by atoms with van der Waals surface area (Å²) in [4.78, 5) is 25.2. The zero-order valence-corrected chi connectivity index (χ0v) is 11.8. The SMILES string of the molecule is CC1CC(O)CC(C)N1C(=O)OC(=O)C(C)(C)C. The number of amides is 1. The molecule has 0 bridgehead atoms. The minimum atomic E-state index is -0.697. The van der Waals surface area contributed by atoms with Crippen LogP contribution in [0.2, 0.25) is 0 Å². The van der Waals surface area contributed by atoms with Crippen molar-refractivity contribution in [1.29, 1.82) is 0 Å². The van der Waals surface area contributed by atoms with Crippen LogP contribution in [-0.4, -0.2) is 40.3 Å². The van der Waals surface area contributed by atoms with Gasteiger partial charge in [-0.05, 0) is 47.5 Å². The van der Waals surface area contributed by atoms with Gasteiger partial charge in [-0.25, -0.2) is 4.79 Å². The highest BCUT2D eigenvalue weighted by atomic mass is 16.6. The molecule has 104 valence electrons. The molecule has 0 aromatic heterocycles. The number of esters is 1. The van der Waals surface area contributed by atoms with E-state index in [4.69, 9.17) is 4.74 Å². The smallest absolute Gasteiger partial charge is 0.393 e. The van der Waals surface area contributed by atoms with Crippen LogP contribution >= 0.6 is 0 Å². The Morgan fingerprint density at radius 2 is 1.61 bits per heavy atom. The normalized spacial score (nSPS) is 29.0. The first-order valence-corrected chi connectivity index (χ1v) is 6.35. The maximum absolute atomic E-state index is 12.0. The molecule has 0 aliphatic carbocycles. The Morgan fingerprint density at radius 1 is 1.17 bits per heavy atom. The number of aliphatic hydroxyl groups excluding tert-OH is 1. The number of aliphatic hydroxyl groups is 1. The van der Waals surface area contributed by atoms with Crippen LogP contribution in [-0.2, 0) is 9.53 Å². The lowest BCUT2D eigenvalue weighted by Gasteiger charge is -2.40. The third-order valence-electron chi connectivity index (χ3n) is 3.18. The van der Waals surface area contributed by atoms with Gasteiger partial charge in [-0.1, -0.05) is 0 Å². The third-order valence-corrected chi connectivity index (χ3v) is 3.18. The summed E-state index contributed by atoms with van der Waals surface area (Å²) < 4.78 is 4.90. The van der Waals surface area contributed by atoms with E-state index in [1.54, 1.807) is 20.8 Å². The minimum absolute atomic E-state index is 0.121. The summed E-state index contributed by atoms with van der Waals surface area (Å²) in [6.07, 6.45) is 0.0333. The number of carbonyl (C=O) groups excluding carboxylic acids is 2. The summed E-state index contributed by atoms with van der Waals surface area (Å²) in [6.45, 7) is 8.81. The highest BCUT2D eigenvalue weighted by Crippen LogP contribution is 2.25. The van der Waals surface area contributed by atoms with Crippen LogP contribution in [0.15, 0.2) is 0 Å². The Bertz CT molecular complexity index is 322. The molecule has 2 atom stereocenters. The summed E-state index contributed by atoms with van der Waals surface area (Å²) in [5, 5.41) is 9.61. The number of ether oxygens (including phenoxy) is 1. The molecule has 1 fully saturated rings. The molecule has 0 saturated carbocycles. The zero-order chi connectivity index (χ0) is 14.1. The number of likely N-dealkylation sites (tertiary alicyclic amines) is 1. The van der Waals surface area contributed by atoms with Crippen molar-refractivity contribution in [2.75, 3.05) is 0 Å². The van der Waals surface area contributed by atoms with E-state index in [9.17, 15) is 14.7 Å². The fourth-order valence-corrected chi connectivity index (χ4v) is 2.19. The molecule has 2 unspecified atom stereocenters. The van der Waals surface area contributed by atoms with Crippen LogP contribution in [0.3, 0.4) is 0 Å². The van der Waals surface area contributed by atoms with E-state index < -0.39 is 23.6 Å². The predicted molar refractivity (Wildman–Crippen MR) is 66.9 cm³/mol. The van der Waals surface area contributed by atoms with E-state index >= 15 is 0 Å². The molecule has 0 spiro atoms. The fraction of sp³-hybridized carbons (Fsp3) is 0.846. The van der Waals surface area contributed by atoms with E-state index in [1.165, 1.54) is 4.90 Å². The Hall–Kier alpha value is -1.10. The van der Waals surface area contributed by atoms with Crippen molar-refractivity contribution in [2.45, 2.75) is 65.6 Å². The topological polar surface area (TPSA) is 66.8 Å². The van der Waals surface area contributed by atoms with Gasteiger partial charge in [0.15, 0.2) is 0 Å². The lowest BCUT2D eigenvalue weighted by atomic mass is 9.95. The summed E-state index contributed by atoms with van der Waals surface area (Å²) in [5.41, 5.74) is -0.697. The third kappa shape index (κ3) is 3.45. The van der Waals surface area contributed by atoms with Crippen LogP contribution < -0.4 is 0 Å². The maximum Gasteiger partial charge on any atom is 0.418 e. The molecule has 1 rings (SSSR count). The second kappa shape index (κ2) is 5.26. The molecular weight excluding hydrogens is 234 g/mol. The molecule has 1 amide bonds. The van der Waals surface area contributed by atoms with E-state index in [2.05, 4.69) is 0 Å². The standard InChI is InChI=1S/C13H23NO4/c1-8-6-10(15)7-9(2)14(8)12(17)18-11(16)13(3,4)5/h8-10,15H,6-7H2,1-5H3. The van der Waals surface area contributed by atoms with Crippen molar-refractivity contribution < 1.29 is 19.4 Å². The molecule has 1 N–H and O–H groups in total. The van der Waals surface area contributed by atoms with Gasteiger partial charge in [0.05, 0.1) is 11.5 Å².